The molecule has 39 heavy (non-hydrogen) atoms. The molecule has 0 unspecified atom stereocenters. The molecule has 3 nitrogen and oxygen atoms in total. The van der Waals surface area contributed by atoms with Gasteiger partial charge >= 0.3 is 0 Å². The SMILES string of the molecule is c1ccc(-c2nc(-c3ccc4cc5c(cc4c3)c3cccc4oc6cccc5c6c43)nc3ccccc23)cc1. The predicted molar refractivity (Wildman–Crippen MR) is 161 cm³/mol. The minimum absolute atomic E-state index is 0.733. The maximum absolute atomic E-state index is 6.23. The maximum atomic E-state index is 6.23. The molecule has 9 aromatic rings. The topological polar surface area (TPSA) is 38.9 Å². The molecule has 0 spiro atoms. The predicted octanol–water partition coefficient (Wildman–Crippen LogP) is 9.76. The molecule has 0 aliphatic rings. The summed E-state index contributed by atoms with van der Waals surface area (Å²) in [5.41, 5.74) is 5.87. The third-order valence-electron chi connectivity index (χ3n) is 7.99. The molecule has 2 aromatic heterocycles. The van der Waals surface area contributed by atoms with Crippen LogP contribution in [0.4, 0.5) is 0 Å². The Labute approximate surface area is 223 Å². The number of fused-ring (bicyclic) bond motifs is 5. The molecule has 0 atom stereocenters. The van der Waals surface area contributed by atoms with E-state index in [-0.39, 0.29) is 0 Å². The van der Waals surface area contributed by atoms with E-state index in [0.717, 1.165) is 44.7 Å². The van der Waals surface area contributed by atoms with Gasteiger partial charge in [0.25, 0.3) is 0 Å². The summed E-state index contributed by atoms with van der Waals surface area (Å²) >= 11 is 0. The summed E-state index contributed by atoms with van der Waals surface area (Å²) < 4.78 is 6.23. The summed E-state index contributed by atoms with van der Waals surface area (Å²) in [5.74, 6) is 0.733. The Balaban J connectivity index is 1.32. The molecular weight excluding hydrogens is 476 g/mol. The van der Waals surface area contributed by atoms with Crippen molar-refractivity contribution < 1.29 is 4.42 Å². The van der Waals surface area contributed by atoms with Gasteiger partial charge in [0.1, 0.15) is 11.2 Å². The van der Waals surface area contributed by atoms with E-state index in [1.807, 2.05) is 18.2 Å². The maximum Gasteiger partial charge on any atom is 0.160 e. The van der Waals surface area contributed by atoms with E-state index in [2.05, 4.69) is 103 Å². The van der Waals surface area contributed by atoms with Crippen molar-refractivity contribution in [3.63, 3.8) is 0 Å². The van der Waals surface area contributed by atoms with Crippen LogP contribution < -0.4 is 0 Å². The van der Waals surface area contributed by atoms with Crippen molar-refractivity contribution in [2.24, 2.45) is 0 Å². The lowest BCUT2D eigenvalue weighted by Crippen LogP contribution is -1.95. The van der Waals surface area contributed by atoms with Crippen molar-refractivity contribution in [2.75, 3.05) is 0 Å². The number of benzene rings is 7. The van der Waals surface area contributed by atoms with E-state index in [1.165, 1.54) is 43.1 Å². The van der Waals surface area contributed by atoms with Gasteiger partial charge in [0.15, 0.2) is 5.82 Å². The normalized spacial score (nSPS) is 12.1. The Morgan fingerprint density at radius 1 is 0.436 bits per heavy atom. The van der Waals surface area contributed by atoms with Gasteiger partial charge in [0.05, 0.1) is 11.2 Å². The molecular formula is C36H20N2O. The molecule has 0 saturated carbocycles. The number of hydrogen-bond donors (Lipinski definition) is 0. The highest BCUT2D eigenvalue weighted by Gasteiger charge is 2.18. The molecule has 180 valence electrons. The van der Waals surface area contributed by atoms with Crippen molar-refractivity contribution >= 4 is 65.2 Å². The first-order valence-electron chi connectivity index (χ1n) is 13.2. The Kier molecular flexibility index (Phi) is 4.05. The van der Waals surface area contributed by atoms with Gasteiger partial charge < -0.3 is 4.42 Å². The number of para-hydroxylation sites is 1. The number of hydrogen-bond acceptors (Lipinski definition) is 3. The smallest absolute Gasteiger partial charge is 0.160 e. The third kappa shape index (κ3) is 2.93. The number of nitrogens with zero attached hydrogens (tertiary/aromatic N) is 2. The van der Waals surface area contributed by atoms with Gasteiger partial charge in [-0.15, -0.1) is 0 Å². The zero-order valence-electron chi connectivity index (χ0n) is 20.8. The lowest BCUT2D eigenvalue weighted by molar-refractivity contribution is 0.669. The molecule has 0 amide bonds. The molecule has 2 heterocycles. The lowest BCUT2D eigenvalue weighted by Gasteiger charge is -2.12. The number of furan rings is 1. The Hall–Kier alpha value is -5.28. The minimum atomic E-state index is 0.733. The van der Waals surface area contributed by atoms with Crippen LogP contribution in [0.15, 0.2) is 126 Å². The number of aromatic nitrogens is 2. The molecule has 3 heteroatoms. The summed E-state index contributed by atoms with van der Waals surface area (Å²) in [7, 11) is 0. The lowest BCUT2D eigenvalue weighted by atomic mass is 9.92. The van der Waals surface area contributed by atoms with Crippen LogP contribution in [-0.4, -0.2) is 9.97 Å². The molecule has 9 rings (SSSR count). The van der Waals surface area contributed by atoms with Crippen molar-refractivity contribution in [1.82, 2.24) is 9.97 Å². The Bertz CT molecular complexity index is 2390. The van der Waals surface area contributed by atoms with E-state index >= 15 is 0 Å². The van der Waals surface area contributed by atoms with Crippen molar-refractivity contribution in [3.05, 3.63) is 121 Å². The fraction of sp³-hybridized carbons (Fsp3) is 0. The van der Waals surface area contributed by atoms with Gasteiger partial charge in [-0.05, 0) is 68.7 Å². The highest BCUT2D eigenvalue weighted by atomic mass is 16.3. The van der Waals surface area contributed by atoms with Gasteiger partial charge in [0, 0.05) is 27.3 Å². The molecule has 0 radical (unpaired) electrons. The van der Waals surface area contributed by atoms with Crippen LogP contribution in [-0.2, 0) is 0 Å². The monoisotopic (exact) mass is 496 g/mol. The van der Waals surface area contributed by atoms with Gasteiger partial charge in [-0.2, -0.15) is 0 Å². The third-order valence-corrected chi connectivity index (χ3v) is 7.99. The second-order valence-corrected chi connectivity index (χ2v) is 10.2. The van der Waals surface area contributed by atoms with Crippen LogP contribution in [0.1, 0.15) is 0 Å². The van der Waals surface area contributed by atoms with E-state index in [0.29, 0.717) is 0 Å². The standard InChI is InChI=1S/C36H20N2O/c1-2-8-21(9-3-1)35-27-10-4-5-13-30(27)37-36(38-35)23-17-16-22-19-28-25-11-6-14-31-33(25)34-26(12-7-15-32(34)39-31)29(28)20-24(22)18-23/h1-20H. The first-order chi connectivity index (χ1) is 19.3. The van der Waals surface area contributed by atoms with Gasteiger partial charge in [-0.25, -0.2) is 9.97 Å². The second-order valence-electron chi connectivity index (χ2n) is 10.2. The van der Waals surface area contributed by atoms with Crippen molar-refractivity contribution in [1.29, 1.82) is 0 Å². The van der Waals surface area contributed by atoms with E-state index in [9.17, 15) is 0 Å². The van der Waals surface area contributed by atoms with Gasteiger partial charge in [-0.1, -0.05) is 84.9 Å². The summed E-state index contributed by atoms with van der Waals surface area (Å²) in [5, 5.41) is 10.8. The van der Waals surface area contributed by atoms with Gasteiger partial charge in [0.2, 0.25) is 0 Å². The Morgan fingerprint density at radius 3 is 1.87 bits per heavy atom. The van der Waals surface area contributed by atoms with Crippen LogP contribution >= 0.6 is 0 Å². The summed E-state index contributed by atoms with van der Waals surface area (Å²) in [6.45, 7) is 0. The average molecular weight is 497 g/mol. The van der Waals surface area contributed by atoms with Crippen LogP contribution in [0.3, 0.4) is 0 Å². The molecule has 0 fully saturated rings. The fourth-order valence-electron chi connectivity index (χ4n) is 6.22. The largest absolute Gasteiger partial charge is 0.456 e. The average Bonchev–Trinajstić information content (AvgIpc) is 3.39. The van der Waals surface area contributed by atoms with Crippen LogP contribution in [0.25, 0.3) is 87.8 Å². The van der Waals surface area contributed by atoms with Crippen LogP contribution in [0.5, 0.6) is 0 Å². The van der Waals surface area contributed by atoms with E-state index in [4.69, 9.17) is 14.4 Å². The van der Waals surface area contributed by atoms with E-state index < -0.39 is 0 Å². The first-order valence-corrected chi connectivity index (χ1v) is 13.2. The minimum Gasteiger partial charge on any atom is -0.456 e. The van der Waals surface area contributed by atoms with Gasteiger partial charge in [-0.3, -0.25) is 0 Å². The van der Waals surface area contributed by atoms with Crippen molar-refractivity contribution in [3.8, 4) is 22.6 Å². The first kappa shape index (κ1) is 20.7. The zero-order valence-corrected chi connectivity index (χ0v) is 20.8. The molecule has 0 N–H and O–H groups in total. The zero-order chi connectivity index (χ0) is 25.5. The highest BCUT2D eigenvalue weighted by Crippen LogP contribution is 2.43. The van der Waals surface area contributed by atoms with Crippen molar-refractivity contribution in [2.45, 2.75) is 0 Å². The van der Waals surface area contributed by atoms with Crippen LogP contribution in [0.2, 0.25) is 0 Å². The second kappa shape index (κ2) is 7.62. The summed E-state index contributed by atoms with van der Waals surface area (Å²) in [4.78, 5) is 10.1. The Morgan fingerprint density at radius 2 is 1.10 bits per heavy atom. The number of rotatable bonds is 2. The molecule has 7 aromatic carbocycles. The van der Waals surface area contributed by atoms with Crippen LogP contribution in [0, 0.1) is 0 Å². The summed E-state index contributed by atoms with van der Waals surface area (Å²) in [6.07, 6.45) is 0. The summed E-state index contributed by atoms with van der Waals surface area (Å²) in [6, 6.07) is 42.5. The molecule has 0 aliphatic carbocycles. The van der Waals surface area contributed by atoms with E-state index in [1.54, 1.807) is 0 Å². The highest BCUT2D eigenvalue weighted by molar-refractivity contribution is 6.34. The molecule has 0 saturated heterocycles. The fourth-order valence-corrected chi connectivity index (χ4v) is 6.22. The molecule has 0 aliphatic heterocycles. The quantitative estimate of drug-likeness (QED) is 0.177. The molecule has 0 bridgehead atoms.